The fraction of sp³-hybridized carbons (Fsp3) is 0.833. The molecule has 0 nitrogen and oxygen atoms in total. The Hall–Kier alpha value is 0.170. The van der Waals surface area contributed by atoms with Gasteiger partial charge in [-0.1, -0.05) is 61.0 Å². The molecular weight excluding hydrogens is 175 g/mol. The average molecular weight is 200 g/mol. The minimum absolute atomic E-state index is 0.908. The quantitative estimate of drug-likeness (QED) is 0.500. The van der Waals surface area contributed by atoms with E-state index in [0.717, 1.165) is 20.4 Å². The Morgan fingerprint density at radius 3 is 2.54 bits per heavy atom. The molecule has 0 aromatic heterocycles. The van der Waals surface area contributed by atoms with Crippen molar-refractivity contribution < 1.29 is 0 Å². The summed E-state index contributed by atoms with van der Waals surface area (Å²) < 4.78 is 0. The fourth-order valence-electron chi connectivity index (χ4n) is 1.70. The molecule has 3 atom stereocenters. The molecule has 0 amide bonds. The maximum atomic E-state index is 3.80. The van der Waals surface area contributed by atoms with Crippen molar-refractivity contribution in [3.63, 3.8) is 0 Å². The maximum absolute atomic E-state index is 3.80. The van der Waals surface area contributed by atoms with Crippen molar-refractivity contribution >= 4 is 8.58 Å². The molecule has 0 bridgehead atoms. The molecule has 3 unspecified atom stereocenters. The van der Waals surface area contributed by atoms with Crippen molar-refractivity contribution in [2.45, 2.75) is 46.5 Å². The zero-order chi connectivity index (χ0) is 10.1. The normalized spacial score (nSPS) is 16.2. The first-order valence-electron chi connectivity index (χ1n) is 5.58. The molecule has 0 heterocycles. The Bertz CT molecular complexity index is 120. The molecule has 78 valence electrons. The maximum Gasteiger partial charge on any atom is -0.0290 e. The van der Waals surface area contributed by atoms with E-state index in [4.69, 9.17) is 0 Å². The van der Waals surface area contributed by atoms with E-state index in [1.165, 1.54) is 31.8 Å². The molecule has 13 heavy (non-hydrogen) atoms. The molecule has 0 aliphatic heterocycles. The van der Waals surface area contributed by atoms with Crippen LogP contribution < -0.4 is 0 Å². The lowest BCUT2D eigenvalue weighted by Crippen LogP contribution is -2.07. The number of rotatable bonds is 8. The highest BCUT2D eigenvalue weighted by Gasteiger charge is 2.10. The number of hydrogen-bond donors (Lipinski definition) is 0. The standard InChI is InChI=1S/C12H25P/c1-5-8-12(10-13-7-3)9-11(4)6-2/h7,11-13H,3,5-6,8-10H2,1-2,4H3. The molecule has 1 heteroatoms. The van der Waals surface area contributed by atoms with E-state index in [2.05, 4.69) is 33.2 Å². The fourth-order valence-corrected chi connectivity index (χ4v) is 2.57. The first kappa shape index (κ1) is 13.2. The van der Waals surface area contributed by atoms with Crippen LogP contribution in [0.3, 0.4) is 0 Å². The van der Waals surface area contributed by atoms with Gasteiger partial charge in [-0.2, -0.15) is 0 Å². The van der Waals surface area contributed by atoms with Gasteiger partial charge in [0.15, 0.2) is 0 Å². The largest absolute Gasteiger partial charge is 0.0988 e. The van der Waals surface area contributed by atoms with E-state index in [1.54, 1.807) is 0 Å². The van der Waals surface area contributed by atoms with Crippen molar-refractivity contribution in [1.29, 1.82) is 0 Å². The van der Waals surface area contributed by atoms with E-state index in [-0.39, 0.29) is 0 Å². The predicted molar refractivity (Wildman–Crippen MR) is 65.8 cm³/mol. The first-order valence-corrected chi connectivity index (χ1v) is 6.87. The molecule has 0 aromatic carbocycles. The third-order valence-electron chi connectivity index (χ3n) is 2.68. The molecule has 0 rings (SSSR count). The van der Waals surface area contributed by atoms with Gasteiger partial charge in [0.25, 0.3) is 0 Å². The van der Waals surface area contributed by atoms with Crippen molar-refractivity contribution in [3.05, 3.63) is 12.4 Å². The second kappa shape index (κ2) is 8.75. The lowest BCUT2D eigenvalue weighted by atomic mass is 9.92. The topological polar surface area (TPSA) is 0 Å². The van der Waals surface area contributed by atoms with Crippen molar-refractivity contribution in [2.24, 2.45) is 11.8 Å². The average Bonchev–Trinajstić information content (AvgIpc) is 2.14. The van der Waals surface area contributed by atoms with Gasteiger partial charge in [0.1, 0.15) is 0 Å². The Morgan fingerprint density at radius 1 is 1.38 bits per heavy atom. The molecule has 0 aromatic rings. The van der Waals surface area contributed by atoms with Gasteiger partial charge in [-0.15, -0.1) is 0 Å². The number of hydrogen-bond acceptors (Lipinski definition) is 0. The van der Waals surface area contributed by atoms with Crippen LogP contribution in [0.25, 0.3) is 0 Å². The van der Waals surface area contributed by atoms with Crippen LogP contribution >= 0.6 is 8.58 Å². The smallest absolute Gasteiger partial charge is 0.0290 e. The summed E-state index contributed by atoms with van der Waals surface area (Å²) in [4.78, 5) is 0. The van der Waals surface area contributed by atoms with Gasteiger partial charge >= 0.3 is 0 Å². The zero-order valence-corrected chi connectivity index (χ0v) is 10.5. The summed E-state index contributed by atoms with van der Waals surface area (Å²) in [6, 6.07) is 0. The molecule has 0 N–H and O–H groups in total. The van der Waals surface area contributed by atoms with Crippen molar-refractivity contribution in [1.82, 2.24) is 0 Å². The highest BCUT2D eigenvalue weighted by molar-refractivity contribution is 7.41. The van der Waals surface area contributed by atoms with E-state index in [9.17, 15) is 0 Å². The Morgan fingerprint density at radius 2 is 2.08 bits per heavy atom. The molecule has 0 spiro atoms. The van der Waals surface area contributed by atoms with E-state index < -0.39 is 0 Å². The van der Waals surface area contributed by atoms with Gasteiger partial charge in [-0.05, 0) is 24.4 Å². The van der Waals surface area contributed by atoms with Crippen molar-refractivity contribution in [3.8, 4) is 0 Å². The molecule has 0 aliphatic carbocycles. The first-order chi connectivity index (χ1) is 6.24. The summed E-state index contributed by atoms with van der Waals surface area (Å²) in [6.07, 6.45) is 6.87. The van der Waals surface area contributed by atoms with E-state index in [0.29, 0.717) is 0 Å². The minimum atomic E-state index is 0.908. The Kier molecular flexibility index (Phi) is 8.87. The lowest BCUT2D eigenvalue weighted by Gasteiger charge is -2.18. The van der Waals surface area contributed by atoms with Gasteiger partial charge in [0.05, 0.1) is 0 Å². The lowest BCUT2D eigenvalue weighted by molar-refractivity contribution is 0.389. The monoisotopic (exact) mass is 200 g/mol. The summed E-state index contributed by atoms with van der Waals surface area (Å²) in [5, 5.41) is 0. The van der Waals surface area contributed by atoms with E-state index in [1.807, 2.05) is 0 Å². The highest BCUT2D eigenvalue weighted by atomic mass is 31.1. The molecule has 0 saturated heterocycles. The third-order valence-corrected chi connectivity index (χ3v) is 3.78. The molecule has 0 fully saturated rings. The van der Waals surface area contributed by atoms with Gasteiger partial charge < -0.3 is 0 Å². The minimum Gasteiger partial charge on any atom is -0.0988 e. The summed E-state index contributed by atoms with van der Waals surface area (Å²) in [7, 11) is 0.970. The van der Waals surface area contributed by atoms with Gasteiger partial charge in [-0.3, -0.25) is 0 Å². The summed E-state index contributed by atoms with van der Waals surface area (Å²) in [5.41, 5.74) is 0. The van der Waals surface area contributed by atoms with E-state index >= 15 is 0 Å². The zero-order valence-electron chi connectivity index (χ0n) is 9.47. The Labute approximate surface area is 86.0 Å². The summed E-state index contributed by atoms with van der Waals surface area (Å²) in [5.74, 6) is 3.95. The van der Waals surface area contributed by atoms with Gasteiger partial charge in [0, 0.05) is 0 Å². The Balaban J connectivity index is 3.71. The van der Waals surface area contributed by atoms with Gasteiger partial charge in [0.2, 0.25) is 0 Å². The van der Waals surface area contributed by atoms with Crippen LogP contribution in [0.2, 0.25) is 0 Å². The summed E-state index contributed by atoms with van der Waals surface area (Å²) in [6.45, 7) is 10.8. The predicted octanol–water partition coefficient (Wildman–Crippen LogP) is 4.66. The van der Waals surface area contributed by atoms with Crippen LogP contribution in [-0.4, -0.2) is 6.16 Å². The van der Waals surface area contributed by atoms with Crippen LogP contribution in [0.4, 0.5) is 0 Å². The second-order valence-electron chi connectivity index (χ2n) is 4.02. The van der Waals surface area contributed by atoms with Crippen LogP contribution in [0.15, 0.2) is 12.4 Å². The SMILES string of the molecule is C=CPCC(CCC)CC(C)CC. The van der Waals surface area contributed by atoms with Crippen LogP contribution in [-0.2, 0) is 0 Å². The van der Waals surface area contributed by atoms with Crippen LogP contribution in [0.5, 0.6) is 0 Å². The van der Waals surface area contributed by atoms with Gasteiger partial charge in [-0.25, -0.2) is 0 Å². The third kappa shape index (κ3) is 7.26. The molecule has 0 aliphatic rings. The van der Waals surface area contributed by atoms with Crippen molar-refractivity contribution in [2.75, 3.05) is 6.16 Å². The highest BCUT2D eigenvalue weighted by Crippen LogP contribution is 2.26. The van der Waals surface area contributed by atoms with Crippen LogP contribution in [0, 0.1) is 11.8 Å². The summed E-state index contributed by atoms with van der Waals surface area (Å²) >= 11 is 0. The van der Waals surface area contributed by atoms with Crippen LogP contribution in [0.1, 0.15) is 46.5 Å². The molecular formula is C12H25P. The molecule has 0 saturated carbocycles. The second-order valence-corrected chi connectivity index (χ2v) is 5.24. The molecule has 0 radical (unpaired) electrons.